The number of nitrogens with zero attached hydrogens (tertiary/aromatic N) is 3. The van der Waals surface area contributed by atoms with E-state index in [1.165, 1.54) is 10.9 Å². The topological polar surface area (TPSA) is 67.4 Å². The van der Waals surface area contributed by atoms with Crippen molar-refractivity contribution in [3.63, 3.8) is 0 Å². The van der Waals surface area contributed by atoms with Crippen LogP contribution >= 0.6 is 0 Å². The molecule has 0 spiro atoms. The minimum Gasteiger partial charge on any atom is -0.381 e. The number of rotatable bonds is 6. The lowest BCUT2D eigenvalue weighted by molar-refractivity contribution is 0.0737. The molecule has 1 N–H and O–H groups in total. The molecule has 0 aliphatic carbocycles. The summed E-state index contributed by atoms with van der Waals surface area (Å²) < 4.78 is 5.91. The number of aromatic nitrogens is 2. The highest BCUT2D eigenvalue weighted by Gasteiger charge is 2.24. The number of fused-ring (bicyclic) bond motifs is 1. The number of pyridine rings is 2. The molecule has 3 heterocycles. The van der Waals surface area contributed by atoms with Crippen molar-refractivity contribution in [3.8, 4) is 0 Å². The summed E-state index contributed by atoms with van der Waals surface area (Å²) in [6.45, 7) is 5.19. The van der Waals surface area contributed by atoms with Crippen molar-refractivity contribution in [3.05, 3.63) is 102 Å². The third-order valence-electron chi connectivity index (χ3n) is 6.59. The minimum atomic E-state index is 0.0482. The number of anilines is 1. The first-order valence-corrected chi connectivity index (χ1v) is 12.1. The van der Waals surface area contributed by atoms with E-state index in [2.05, 4.69) is 46.5 Å². The predicted molar refractivity (Wildman–Crippen MR) is 138 cm³/mol. The van der Waals surface area contributed by atoms with E-state index in [9.17, 15) is 4.79 Å². The predicted octanol–water partition coefficient (Wildman–Crippen LogP) is 4.88. The van der Waals surface area contributed by atoms with Crippen molar-refractivity contribution < 1.29 is 9.53 Å². The van der Waals surface area contributed by atoms with E-state index >= 15 is 0 Å². The fourth-order valence-corrected chi connectivity index (χ4v) is 4.70. The number of carbonyl (C=O) groups excluding carboxylic acids is 1. The summed E-state index contributed by atoms with van der Waals surface area (Å²) in [4.78, 5) is 23.9. The van der Waals surface area contributed by atoms with Gasteiger partial charge in [0.15, 0.2) is 0 Å². The molecule has 0 unspecified atom stereocenters. The molecule has 0 bridgehead atoms. The second-order valence-electron chi connectivity index (χ2n) is 9.15. The van der Waals surface area contributed by atoms with Crippen LogP contribution in [-0.4, -0.2) is 47.1 Å². The quantitative estimate of drug-likeness (QED) is 0.439. The van der Waals surface area contributed by atoms with Gasteiger partial charge in [-0.25, -0.2) is 0 Å². The van der Waals surface area contributed by atoms with E-state index < -0.39 is 0 Å². The Morgan fingerprint density at radius 3 is 2.89 bits per heavy atom. The zero-order chi connectivity index (χ0) is 24.0. The Kier molecular flexibility index (Phi) is 7.00. The van der Waals surface area contributed by atoms with Gasteiger partial charge in [0.1, 0.15) is 0 Å². The van der Waals surface area contributed by atoms with E-state index in [-0.39, 0.29) is 11.8 Å². The first-order valence-electron chi connectivity index (χ1n) is 12.1. The van der Waals surface area contributed by atoms with Crippen LogP contribution in [0.1, 0.15) is 27.0 Å². The van der Waals surface area contributed by atoms with Crippen LogP contribution in [-0.2, 0) is 17.7 Å². The van der Waals surface area contributed by atoms with Crippen molar-refractivity contribution in [1.82, 2.24) is 14.9 Å². The van der Waals surface area contributed by atoms with Gasteiger partial charge in [0.05, 0.1) is 13.2 Å². The first kappa shape index (κ1) is 23.0. The molecular weight excluding hydrogens is 436 g/mol. The lowest BCUT2D eigenvalue weighted by Crippen LogP contribution is -2.36. The first-order chi connectivity index (χ1) is 17.2. The molecule has 2 aromatic carbocycles. The Morgan fingerprint density at radius 2 is 2.00 bits per heavy atom. The average molecular weight is 467 g/mol. The third kappa shape index (κ3) is 5.49. The second kappa shape index (κ2) is 10.7. The number of benzene rings is 2. The molecule has 4 aromatic rings. The Bertz CT molecular complexity index is 1300. The molecule has 0 radical (unpaired) electrons. The zero-order valence-corrected chi connectivity index (χ0v) is 20.0. The van der Waals surface area contributed by atoms with Gasteiger partial charge >= 0.3 is 0 Å². The van der Waals surface area contributed by atoms with Crippen molar-refractivity contribution in [1.29, 1.82) is 0 Å². The SMILES string of the molecule is Cc1ccc(C(=O)N2CCOC[C@@H](Cc3cccc4cnccc34)C2)cc1NCc1cccnc1. The summed E-state index contributed by atoms with van der Waals surface area (Å²) in [5.41, 5.74) is 5.13. The lowest BCUT2D eigenvalue weighted by atomic mass is 9.95. The molecule has 6 heteroatoms. The molecule has 1 aliphatic heterocycles. The lowest BCUT2D eigenvalue weighted by Gasteiger charge is -2.24. The fraction of sp³-hybridized carbons (Fsp3) is 0.276. The molecule has 178 valence electrons. The number of amides is 1. The summed E-state index contributed by atoms with van der Waals surface area (Å²) in [7, 11) is 0. The second-order valence-corrected chi connectivity index (χ2v) is 9.15. The molecule has 1 atom stereocenters. The largest absolute Gasteiger partial charge is 0.381 e. The maximum atomic E-state index is 13.5. The highest BCUT2D eigenvalue weighted by molar-refractivity contribution is 5.95. The average Bonchev–Trinajstić information content (AvgIpc) is 3.14. The van der Waals surface area contributed by atoms with Gasteiger partial charge in [0.2, 0.25) is 0 Å². The molecule has 1 amide bonds. The molecule has 35 heavy (non-hydrogen) atoms. The van der Waals surface area contributed by atoms with Crippen LogP contribution in [0.3, 0.4) is 0 Å². The van der Waals surface area contributed by atoms with Crippen LogP contribution in [0.5, 0.6) is 0 Å². The van der Waals surface area contributed by atoms with Crippen molar-refractivity contribution in [2.45, 2.75) is 19.9 Å². The molecule has 2 aromatic heterocycles. The Morgan fingerprint density at radius 1 is 1.09 bits per heavy atom. The highest BCUT2D eigenvalue weighted by atomic mass is 16.5. The van der Waals surface area contributed by atoms with Crippen LogP contribution in [0.25, 0.3) is 10.8 Å². The van der Waals surface area contributed by atoms with Crippen LogP contribution in [0, 0.1) is 12.8 Å². The van der Waals surface area contributed by atoms with Crippen LogP contribution in [0.2, 0.25) is 0 Å². The van der Waals surface area contributed by atoms with Gasteiger partial charge in [-0.3, -0.25) is 14.8 Å². The van der Waals surface area contributed by atoms with Crippen LogP contribution < -0.4 is 5.32 Å². The van der Waals surface area contributed by atoms with Gasteiger partial charge in [-0.1, -0.05) is 30.3 Å². The molecule has 1 fully saturated rings. The molecule has 0 saturated carbocycles. The third-order valence-corrected chi connectivity index (χ3v) is 6.59. The molecule has 1 aliphatic rings. The number of aryl methyl sites for hydroxylation is 1. The standard InChI is InChI=1S/C29H30N4O2/c1-21-7-8-25(15-28(21)32-17-22-4-3-10-30-16-22)29(34)33-12-13-35-20-23(19-33)14-24-5-2-6-26-18-31-11-9-27(24)26/h2-11,15-16,18,23,32H,12-14,17,19-20H2,1H3/t23-/m0/s1. The summed E-state index contributed by atoms with van der Waals surface area (Å²) in [6, 6.07) is 18.3. The summed E-state index contributed by atoms with van der Waals surface area (Å²) in [5.74, 6) is 0.279. The molecule has 5 rings (SSSR count). The van der Waals surface area contributed by atoms with Crippen molar-refractivity contribution in [2.75, 3.05) is 31.6 Å². The maximum absolute atomic E-state index is 13.5. The van der Waals surface area contributed by atoms with Crippen molar-refractivity contribution in [2.24, 2.45) is 5.92 Å². The van der Waals surface area contributed by atoms with Gasteiger partial charge in [0, 0.05) is 67.0 Å². The van der Waals surface area contributed by atoms with E-state index in [0.29, 0.717) is 38.4 Å². The fourth-order valence-electron chi connectivity index (χ4n) is 4.70. The summed E-state index contributed by atoms with van der Waals surface area (Å²) in [5, 5.41) is 5.81. The Hall–Kier alpha value is -3.77. The number of nitrogens with one attached hydrogen (secondary N) is 1. The van der Waals surface area contributed by atoms with E-state index in [4.69, 9.17) is 4.74 Å². The smallest absolute Gasteiger partial charge is 0.254 e. The zero-order valence-electron chi connectivity index (χ0n) is 20.0. The monoisotopic (exact) mass is 466 g/mol. The maximum Gasteiger partial charge on any atom is 0.254 e. The number of hydrogen-bond acceptors (Lipinski definition) is 5. The number of carbonyl (C=O) groups is 1. The minimum absolute atomic E-state index is 0.0482. The molecule has 1 saturated heterocycles. The van der Waals surface area contributed by atoms with Gasteiger partial charge < -0.3 is 15.0 Å². The Balaban J connectivity index is 1.30. The normalized spacial score (nSPS) is 16.1. The molecule has 6 nitrogen and oxygen atoms in total. The van der Waals surface area contributed by atoms with Gasteiger partial charge in [-0.05, 0) is 59.7 Å². The Labute approximate surface area is 206 Å². The van der Waals surface area contributed by atoms with Gasteiger partial charge in [-0.2, -0.15) is 0 Å². The summed E-state index contributed by atoms with van der Waals surface area (Å²) >= 11 is 0. The van der Waals surface area contributed by atoms with E-state index in [1.54, 1.807) is 6.20 Å². The number of hydrogen-bond donors (Lipinski definition) is 1. The van der Waals surface area contributed by atoms with Crippen LogP contribution in [0.4, 0.5) is 5.69 Å². The highest BCUT2D eigenvalue weighted by Crippen LogP contribution is 2.24. The molecular formula is C29H30N4O2. The van der Waals surface area contributed by atoms with Gasteiger partial charge in [0.25, 0.3) is 5.91 Å². The van der Waals surface area contributed by atoms with E-state index in [0.717, 1.165) is 28.6 Å². The van der Waals surface area contributed by atoms with Crippen molar-refractivity contribution >= 4 is 22.4 Å². The van der Waals surface area contributed by atoms with Crippen LogP contribution in [0.15, 0.2) is 79.4 Å². The summed E-state index contributed by atoms with van der Waals surface area (Å²) in [6.07, 6.45) is 8.21. The number of ether oxygens (including phenoxy) is 1. The van der Waals surface area contributed by atoms with E-state index in [1.807, 2.05) is 53.8 Å². The van der Waals surface area contributed by atoms with Gasteiger partial charge in [-0.15, -0.1) is 0 Å².